The van der Waals surface area contributed by atoms with E-state index in [9.17, 15) is 14.4 Å². The smallest absolute Gasteiger partial charge is 0.336 e. The Balaban J connectivity index is 2.28. The molecule has 23 heavy (non-hydrogen) atoms. The van der Waals surface area contributed by atoms with Gasteiger partial charge in [-0.15, -0.1) is 0 Å². The summed E-state index contributed by atoms with van der Waals surface area (Å²) in [6.07, 6.45) is -0.0955. The molecule has 1 aliphatic heterocycles. The van der Waals surface area contributed by atoms with E-state index in [1.807, 2.05) is 6.07 Å². The number of hydrogen-bond donors (Lipinski definition) is 2. The number of nitrogens with one attached hydrogen (secondary N) is 2. The predicted molar refractivity (Wildman–Crippen MR) is 88.4 cm³/mol. The van der Waals surface area contributed by atoms with Gasteiger partial charge < -0.3 is 15.4 Å². The topological polar surface area (TPSA) is 84.5 Å². The molecule has 1 aliphatic rings. The molecule has 0 saturated heterocycles. The number of carbonyl (C=O) groups is 3. The lowest BCUT2D eigenvalue weighted by Gasteiger charge is -2.25. The highest BCUT2D eigenvalue weighted by Gasteiger charge is 2.36. The summed E-state index contributed by atoms with van der Waals surface area (Å²) in [6, 6.07) is 7.12. The van der Waals surface area contributed by atoms with E-state index in [4.69, 9.17) is 4.74 Å². The molecule has 0 radical (unpaired) electrons. The van der Waals surface area contributed by atoms with Crippen molar-refractivity contribution in [1.82, 2.24) is 5.32 Å². The van der Waals surface area contributed by atoms with Crippen molar-refractivity contribution in [2.75, 3.05) is 11.9 Å². The number of hydrogen-bond acceptors (Lipinski definition) is 4. The molecule has 0 unspecified atom stereocenters. The fourth-order valence-corrected chi connectivity index (χ4v) is 2.77. The lowest BCUT2D eigenvalue weighted by atomic mass is 9.89. The monoisotopic (exact) mass is 380 g/mol. The van der Waals surface area contributed by atoms with Gasteiger partial charge in [0.25, 0.3) is 0 Å². The fraction of sp³-hybridized carbons (Fsp3) is 0.312. The number of anilines is 1. The Kier molecular flexibility index (Phi) is 5.54. The molecule has 1 aromatic carbocycles. The second-order valence-corrected chi connectivity index (χ2v) is 5.89. The molecule has 7 heteroatoms. The van der Waals surface area contributed by atoms with E-state index in [1.54, 1.807) is 32.0 Å². The second kappa shape index (κ2) is 7.41. The van der Waals surface area contributed by atoms with Gasteiger partial charge in [-0.1, -0.05) is 12.1 Å². The highest BCUT2D eigenvalue weighted by atomic mass is 79.9. The quantitative estimate of drug-likeness (QED) is 0.785. The second-order valence-electron chi connectivity index (χ2n) is 5.03. The van der Waals surface area contributed by atoms with Crippen molar-refractivity contribution in [1.29, 1.82) is 0 Å². The highest BCUT2D eigenvalue weighted by Crippen LogP contribution is 2.28. The predicted octanol–water partition coefficient (Wildman–Crippen LogP) is 2.36. The van der Waals surface area contributed by atoms with Gasteiger partial charge in [-0.25, -0.2) is 4.79 Å². The van der Waals surface area contributed by atoms with Crippen molar-refractivity contribution in [3.05, 3.63) is 40.0 Å². The molecule has 0 aliphatic carbocycles. The average molecular weight is 381 g/mol. The van der Waals surface area contributed by atoms with Crippen LogP contribution in [0.3, 0.4) is 0 Å². The summed E-state index contributed by atoms with van der Waals surface area (Å²) in [4.78, 5) is 36.5. The van der Waals surface area contributed by atoms with Crippen molar-refractivity contribution < 1.29 is 19.1 Å². The zero-order valence-corrected chi connectivity index (χ0v) is 14.4. The van der Waals surface area contributed by atoms with Gasteiger partial charge in [0.1, 0.15) is 0 Å². The molecule has 0 spiro atoms. The third-order valence-corrected chi connectivity index (χ3v) is 4.10. The van der Waals surface area contributed by atoms with Crippen LogP contribution in [0.1, 0.15) is 20.3 Å². The molecule has 0 aromatic heterocycles. The molecular formula is C16H17BrN2O4. The number of benzene rings is 1. The minimum Gasteiger partial charge on any atom is -0.463 e. The van der Waals surface area contributed by atoms with Gasteiger partial charge in [-0.05, 0) is 41.9 Å². The number of amides is 2. The average Bonchev–Trinajstić information content (AvgIpc) is 2.48. The number of allylic oxidation sites excluding steroid dienone is 1. The minimum atomic E-state index is -0.880. The van der Waals surface area contributed by atoms with Gasteiger partial charge in [0.05, 0.1) is 23.8 Å². The van der Waals surface area contributed by atoms with Crippen LogP contribution in [-0.4, -0.2) is 24.4 Å². The van der Waals surface area contributed by atoms with Crippen LogP contribution in [0.2, 0.25) is 0 Å². The first kappa shape index (κ1) is 17.2. The van der Waals surface area contributed by atoms with Gasteiger partial charge in [0, 0.05) is 16.6 Å². The maximum atomic E-state index is 12.6. The van der Waals surface area contributed by atoms with Crippen molar-refractivity contribution in [3.8, 4) is 0 Å². The number of para-hydroxylation sites is 1. The SMILES string of the molecule is CCOC(=O)C1=C(C)NC(=O)C[C@@H]1C(=O)Nc1ccccc1Br. The molecule has 0 fully saturated rings. The first-order valence-electron chi connectivity index (χ1n) is 7.17. The van der Waals surface area contributed by atoms with E-state index in [-0.39, 0.29) is 24.5 Å². The van der Waals surface area contributed by atoms with Gasteiger partial charge in [0.2, 0.25) is 11.8 Å². The van der Waals surface area contributed by atoms with E-state index in [0.717, 1.165) is 0 Å². The third-order valence-electron chi connectivity index (χ3n) is 3.41. The number of esters is 1. The summed E-state index contributed by atoms with van der Waals surface area (Å²) in [7, 11) is 0. The molecule has 122 valence electrons. The fourth-order valence-electron chi connectivity index (χ4n) is 2.39. The first-order valence-corrected chi connectivity index (χ1v) is 7.96. The van der Waals surface area contributed by atoms with E-state index < -0.39 is 17.8 Å². The summed E-state index contributed by atoms with van der Waals surface area (Å²) in [5.74, 6) is -2.19. The van der Waals surface area contributed by atoms with Crippen LogP contribution in [-0.2, 0) is 19.1 Å². The van der Waals surface area contributed by atoms with Crippen LogP contribution in [0.5, 0.6) is 0 Å². The van der Waals surface area contributed by atoms with Crippen LogP contribution < -0.4 is 10.6 Å². The van der Waals surface area contributed by atoms with Crippen LogP contribution >= 0.6 is 15.9 Å². The van der Waals surface area contributed by atoms with Gasteiger partial charge in [-0.2, -0.15) is 0 Å². The molecule has 6 nitrogen and oxygen atoms in total. The van der Waals surface area contributed by atoms with Gasteiger partial charge in [0.15, 0.2) is 0 Å². The third kappa shape index (κ3) is 3.98. The van der Waals surface area contributed by atoms with Crippen molar-refractivity contribution in [2.24, 2.45) is 5.92 Å². The summed E-state index contributed by atoms with van der Waals surface area (Å²) >= 11 is 3.34. The number of halogens is 1. The molecule has 0 bridgehead atoms. The maximum Gasteiger partial charge on any atom is 0.336 e. The molecule has 1 heterocycles. The van der Waals surface area contributed by atoms with Crippen LogP contribution in [0.15, 0.2) is 40.0 Å². The van der Waals surface area contributed by atoms with Crippen LogP contribution in [0.25, 0.3) is 0 Å². The lowest BCUT2D eigenvalue weighted by molar-refractivity contribution is -0.141. The Morgan fingerprint density at radius 3 is 2.74 bits per heavy atom. The zero-order chi connectivity index (χ0) is 17.0. The number of carbonyl (C=O) groups excluding carboxylic acids is 3. The number of rotatable bonds is 4. The van der Waals surface area contributed by atoms with Crippen molar-refractivity contribution in [3.63, 3.8) is 0 Å². The van der Waals surface area contributed by atoms with E-state index in [0.29, 0.717) is 15.9 Å². The van der Waals surface area contributed by atoms with Crippen LogP contribution in [0, 0.1) is 5.92 Å². The Bertz CT molecular complexity index is 684. The van der Waals surface area contributed by atoms with Gasteiger partial charge in [-0.3, -0.25) is 9.59 Å². The largest absolute Gasteiger partial charge is 0.463 e. The first-order chi connectivity index (χ1) is 10.9. The highest BCUT2D eigenvalue weighted by molar-refractivity contribution is 9.10. The summed E-state index contributed by atoms with van der Waals surface area (Å²) in [5.41, 5.74) is 1.12. The van der Waals surface area contributed by atoms with E-state index in [2.05, 4.69) is 26.6 Å². The summed E-state index contributed by atoms with van der Waals surface area (Å²) in [5, 5.41) is 5.32. The number of ether oxygens (including phenoxy) is 1. The summed E-state index contributed by atoms with van der Waals surface area (Å²) in [6.45, 7) is 3.47. The molecule has 2 rings (SSSR count). The van der Waals surface area contributed by atoms with E-state index >= 15 is 0 Å². The molecule has 2 amide bonds. The Hall–Kier alpha value is -2.15. The van der Waals surface area contributed by atoms with Crippen molar-refractivity contribution in [2.45, 2.75) is 20.3 Å². The molecule has 2 N–H and O–H groups in total. The minimum absolute atomic E-state index is 0.0955. The molecular weight excluding hydrogens is 364 g/mol. The molecule has 1 atom stereocenters. The van der Waals surface area contributed by atoms with Crippen LogP contribution in [0.4, 0.5) is 5.69 Å². The Labute approximate surface area is 142 Å². The molecule has 0 saturated carbocycles. The Morgan fingerprint density at radius 1 is 1.39 bits per heavy atom. The molecule has 1 aromatic rings. The Morgan fingerprint density at radius 2 is 2.09 bits per heavy atom. The van der Waals surface area contributed by atoms with E-state index in [1.165, 1.54) is 0 Å². The lowest BCUT2D eigenvalue weighted by Crippen LogP contribution is -2.40. The maximum absolute atomic E-state index is 12.6. The zero-order valence-electron chi connectivity index (χ0n) is 12.8. The summed E-state index contributed by atoms with van der Waals surface area (Å²) < 4.78 is 5.72. The van der Waals surface area contributed by atoms with Crippen molar-refractivity contribution >= 4 is 39.4 Å². The van der Waals surface area contributed by atoms with Gasteiger partial charge >= 0.3 is 5.97 Å². The normalized spacial score (nSPS) is 17.5. The standard InChI is InChI=1S/C16H17BrN2O4/c1-3-23-16(22)14-9(2)18-13(20)8-10(14)15(21)19-12-7-5-4-6-11(12)17/h4-7,10H,3,8H2,1-2H3,(H,18,20)(H,19,21)/t10-/m0/s1.